The quantitative estimate of drug-likeness (QED) is 0.742. The van der Waals surface area contributed by atoms with Crippen LogP contribution in [-0.4, -0.2) is 35.7 Å². The standard InChI is InChI=1S/C18H23ClN4O4/c1-11(2)10-23-15(20)14(16(24)21-18(23)26)22(8-9-27-3)17(25)12-6-4-5-7-13(12)19/h4-7,11H,8-10,20H2,1-3H3,(H,21,24,26). The lowest BCUT2D eigenvalue weighted by molar-refractivity contribution is 0.0975. The summed E-state index contributed by atoms with van der Waals surface area (Å²) in [5.41, 5.74) is 4.89. The lowest BCUT2D eigenvalue weighted by Crippen LogP contribution is -2.43. The number of aromatic nitrogens is 2. The van der Waals surface area contributed by atoms with E-state index in [1.807, 2.05) is 13.8 Å². The van der Waals surface area contributed by atoms with Crippen molar-refractivity contribution >= 4 is 29.0 Å². The summed E-state index contributed by atoms with van der Waals surface area (Å²) < 4.78 is 6.31. The Balaban J connectivity index is 2.63. The van der Waals surface area contributed by atoms with Crippen molar-refractivity contribution in [3.05, 3.63) is 55.7 Å². The smallest absolute Gasteiger partial charge is 0.330 e. The highest BCUT2D eigenvalue weighted by atomic mass is 35.5. The molecule has 0 saturated carbocycles. The molecule has 0 saturated heterocycles. The Morgan fingerprint density at radius 3 is 2.59 bits per heavy atom. The zero-order valence-corrected chi connectivity index (χ0v) is 16.2. The fourth-order valence-corrected chi connectivity index (χ4v) is 2.88. The third-order valence-corrected chi connectivity index (χ3v) is 4.23. The Labute approximate surface area is 161 Å². The van der Waals surface area contributed by atoms with E-state index in [1.165, 1.54) is 16.6 Å². The first-order chi connectivity index (χ1) is 12.8. The Bertz CT molecular complexity index is 936. The molecule has 2 rings (SSSR count). The largest absolute Gasteiger partial charge is 0.383 e. The summed E-state index contributed by atoms with van der Waals surface area (Å²) in [4.78, 5) is 41.2. The molecular formula is C18H23ClN4O4. The van der Waals surface area contributed by atoms with Gasteiger partial charge in [0.05, 0.1) is 17.2 Å². The topological polar surface area (TPSA) is 110 Å². The number of amides is 1. The number of anilines is 2. The minimum Gasteiger partial charge on any atom is -0.383 e. The molecule has 8 nitrogen and oxygen atoms in total. The number of nitrogens with one attached hydrogen (secondary N) is 1. The van der Waals surface area contributed by atoms with Gasteiger partial charge in [-0.05, 0) is 18.1 Å². The molecule has 0 atom stereocenters. The Morgan fingerprint density at radius 1 is 1.33 bits per heavy atom. The summed E-state index contributed by atoms with van der Waals surface area (Å²) in [6, 6.07) is 6.50. The van der Waals surface area contributed by atoms with Crippen molar-refractivity contribution in [2.24, 2.45) is 5.92 Å². The average Bonchev–Trinajstić information content (AvgIpc) is 2.61. The highest BCUT2D eigenvalue weighted by molar-refractivity contribution is 6.34. The van der Waals surface area contributed by atoms with Crippen LogP contribution in [0, 0.1) is 5.92 Å². The van der Waals surface area contributed by atoms with Gasteiger partial charge >= 0.3 is 5.69 Å². The predicted octanol–water partition coefficient (Wildman–Crippen LogP) is 1.72. The summed E-state index contributed by atoms with van der Waals surface area (Å²) in [5.74, 6) is -0.478. The van der Waals surface area contributed by atoms with Crippen molar-refractivity contribution in [2.45, 2.75) is 20.4 Å². The third kappa shape index (κ3) is 4.58. The zero-order chi connectivity index (χ0) is 20.1. The van der Waals surface area contributed by atoms with Crippen molar-refractivity contribution in [3.8, 4) is 0 Å². The van der Waals surface area contributed by atoms with E-state index >= 15 is 0 Å². The number of carbonyl (C=O) groups is 1. The van der Waals surface area contributed by atoms with E-state index in [0.717, 1.165) is 0 Å². The van der Waals surface area contributed by atoms with E-state index in [-0.39, 0.29) is 41.2 Å². The molecule has 3 N–H and O–H groups in total. The number of nitrogen functional groups attached to an aromatic ring is 1. The van der Waals surface area contributed by atoms with Gasteiger partial charge in [-0.3, -0.25) is 24.0 Å². The number of nitrogens with two attached hydrogens (primary N) is 1. The molecule has 2 aromatic rings. The van der Waals surface area contributed by atoms with Crippen molar-refractivity contribution < 1.29 is 9.53 Å². The SMILES string of the molecule is COCCN(C(=O)c1ccccc1Cl)c1c(N)n(CC(C)C)c(=O)[nH]c1=O. The van der Waals surface area contributed by atoms with Gasteiger partial charge in [-0.25, -0.2) is 4.79 Å². The number of methoxy groups -OCH3 is 1. The molecule has 1 aromatic carbocycles. The summed E-state index contributed by atoms with van der Waals surface area (Å²) in [5, 5.41) is 0.246. The number of carbonyl (C=O) groups excluding carboxylic acids is 1. The molecule has 0 unspecified atom stereocenters. The van der Waals surface area contributed by atoms with Gasteiger partial charge in [-0.1, -0.05) is 37.6 Å². The molecule has 27 heavy (non-hydrogen) atoms. The number of H-pyrrole nitrogens is 1. The van der Waals surface area contributed by atoms with Crippen LogP contribution in [0.3, 0.4) is 0 Å². The Hall–Kier alpha value is -2.58. The lowest BCUT2D eigenvalue weighted by atomic mass is 10.2. The molecule has 9 heteroatoms. The fraction of sp³-hybridized carbons (Fsp3) is 0.389. The second-order valence-electron chi connectivity index (χ2n) is 6.43. The van der Waals surface area contributed by atoms with Crippen LogP contribution in [0.25, 0.3) is 0 Å². The van der Waals surface area contributed by atoms with Crippen molar-refractivity contribution in [3.63, 3.8) is 0 Å². The van der Waals surface area contributed by atoms with Crippen LogP contribution in [0.1, 0.15) is 24.2 Å². The van der Waals surface area contributed by atoms with Crippen molar-refractivity contribution in [1.29, 1.82) is 0 Å². The molecule has 0 fully saturated rings. The molecular weight excluding hydrogens is 372 g/mol. The summed E-state index contributed by atoms with van der Waals surface area (Å²) in [7, 11) is 1.48. The van der Waals surface area contributed by atoms with Gasteiger partial charge in [-0.2, -0.15) is 0 Å². The van der Waals surface area contributed by atoms with Crippen molar-refractivity contribution in [1.82, 2.24) is 9.55 Å². The first-order valence-corrected chi connectivity index (χ1v) is 8.83. The zero-order valence-electron chi connectivity index (χ0n) is 15.5. The summed E-state index contributed by atoms with van der Waals surface area (Å²) >= 11 is 6.14. The minimum atomic E-state index is -0.742. The molecule has 1 amide bonds. The molecule has 0 aliphatic heterocycles. The first-order valence-electron chi connectivity index (χ1n) is 8.45. The number of hydrogen-bond donors (Lipinski definition) is 2. The number of halogens is 1. The normalized spacial score (nSPS) is 11.0. The number of benzene rings is 1. The first kappa shape index (κ1) is 20.7. The van der Waals surface area contributed by atoms with Gasteiger partial charge in [0.1, 0.15) is 5.82 Å². The van der Waals surface area contributed by atoms with Crippen LogP contribution in [0.5, 0.6) is 0 Å². The Morgan fingerprint density at radius 2 is 2.00 bits per heavy atom. The number of rotatable bonds is 7. The summed E-state index contributed by atoms with van der Waals surface area (Å²) in [6.07, 6.45) is 0. The number of aromatic amines is 1. The molecule has 146 valence electrons. The van der Waals surface area contributed by atoms with Gasteiger partial charge in [0, 0.05) is 20.2 Å². The molecule has 0 spiro atoms. The predicted molar refractivity (Wildman–Crippen MR) is 106 cm³/mol. The highest BCUT2D eigenvalue weighted by Crippen LogP contribution is 2.23. The van der Waals surface area contributed by atoms with Gasteiger partial charge in [0.25, 0.3) is 11.5 Å². The summed E-state index contributed by atoms with van der Waals surface area (Å²) in [6.45, 7) is 4.35. The van der Waals surface area contributed by atoms with Crippen LogP contribution >= 0.6 is 11.6 Å². The minimum absolute atomic E-state index is 0.0632. The van der Waals surface area contributed by atoms with E-state index in [2.05, 4.69) is 4.98 Å². The van der Waals surface area contributed by atoms with Gasteiger partial charge in [-0.15, -0.1) is 0 Å². The molecule has 0 bridgehead atoms. The van der Waals surface area contributed by atoms with E-state index in [9.17, 15) is 14.4 Å². The van der Waals surface area contributed by atoms with Gasteiger partial charge < -0.3 is 10.5 Å². The average molecular weight is 395 g/mol. The lowest BCUT2D eigenvalue weighted by Gasteiger charge is -2.25. The van der Waals surface area contributed by atoms with Crippen LogP contribution in [0.15, 0.2) is 33.9 Å². The molecule has 1 aromatic heterocycles. The highest BCUT2D eigenvalue weighted by Gasteiger charge is 2.26. The van der Waals surface area contributed by atoms with Gasteiger partial charge in [0.15, 0.2) is 5.69 Å². The van der Waals surface area contributed by atoms with Crippen molar-refractivity contribution in [2.75, 3.05) is 30.9 Å². The Kier molecular flexibility index (Phi) is 6.81. The number of hydrogen-bond acceptors (Lipinski definition) is 5. The van der Waals surface area contributed by atoms with Crippen LogP contribution < -0.4 is 21.9 Å². The fourth-order valence-electron chi connectivity index (χ4n) is 2.66. The molecule has 0 aliphatic carbocycles. The molecule has 1 heterocycles. The number of nitrogens with zero attached hydrogens (tertiary/aromatic N) is 2. The monoisotopic (exact) mass is 394 g/mol. The van der Waals surface area contributed by atoms with Crippen LogP contribution in [-0.2, 0) is 11.3 Å². The van der Waals surface area contributed by atoms with Crippen LogP contribution in [0.4, 0.5) is 11.5 Å². The molecule has 0 aliphatic rings. The maximum absolute atomic E-state index is 13.1. The van der Waals surface area contributed by atoms with Gasteiger partial charge in [0.2, 0.25) is 0 Å². The maximum atomic E-state index is 13.1. The van der Waals surface area contributed by atoms with E-state index in [0.29, 0.717) is 6.54 Å². The third-order valence-electron chi connectivity index (χ3n) is 3.90. The number of ether oxygens (including phenoxy) is 1. The second kappa shape index (κ2) is 8.88. The molecule has 0 radical (unpaired) electrons. The maximum Gasteiger partial charge on any atom is 0.330 e. The second-order valence-corrected chi connectivity index (χ2v) is 6.83. The van der Waals surface area contributed by atoms with E-state index < -0.39 is 17.2 Å². The van der Waals surface area contributed by atoms with E-state index in [4.69, 9.17) is 22.1 Å². The van der Waals surface area contributed by atoms with E-state index in [1.54, 1.807) is 24.3 Å². The van der Waals surface area contributed by atoms with Crippen LogP contribution in [0.2, 0.25) is 5.02 Å².